The van der Waals surface area contributed by atoms with Gasteiger partial charge in [-0.15, -0.1) is 24.8 Å². The zero-order valence-electron chi connectivity index (χ0n) is 24.1. The Morgan fingerprint density at radius 3 is 2.15 bits per heavy atom. The van der Waals surface area contributed by atoms with Crippen molar-refractivity contribution in [3.05, 3.63) is 77.6 Å². The van der Waals surface area contributed by atoms with Crippen molar-refractivity contribution >= 4 is 47.9 Å². The highest BCUT2D eigenvalue weighted by atomic mass is 35.5. The number of methoxy groups -OCH3 is 1. The number of urea groups is 1. The maximum absolute atomic E-state index is 13.4. The number of nitrogen functional groups attached to an aromatic ring is 1. The van der Waals surface area contributed by atoms with Gasteiger partial charge in [-0.05, 0) is 77.8 Å². The zero-order valence-corrected chi connectivity index (χ0v) is 25.7. The largest absolute Gasteiger partial charge is 0.497 e. The Balaban J connectivity index is 0.00000280. The molecule has 0 unspecified atom stereocenters. The van der Waals surface area contributed by atoms with Crippen molar-refractivity contribution in [1.82, 2.24) is 10.3 Å². The monoisotopic (exact) mass is 587 g/mol. The van der Waals surface area contributed by atoms with Crippen LogP contribution in [0.2, 0.25) is 0 Å². The van der Waals surface area contributed by atoms with E-state index in [1.165, 1.54) is 11.3 Å². The number of hydrogen-bond acceptors (Lipinski definition) is 5. The van der Waals surface area contributed by atoms with Crippen molar-refractivity contribution in [3.63, 3.8) is 0 Å². The number of rotatable bonds is 8. The number of aromatic nitrogens is 1. The molecule has 0 spiro atoms. The molecule has 7 nitrogen and oxygen atoms in total. The van der Waals surface area contributed by atoms with Gasteiger partial charge in [-0.2, -0.15) is 0 Å². The number of anilines is 3. The van der Waals surface area contributed by atoms with Gasteiger partial charge >= 0.3 is 6.03 Å². The van der Waals surface area contributed by atoms with E-state index < -0.39 is 0 Å². The Labute approximate surface area is 251 Å². The maximum Gasteiger partial charge on any atom is 0.319 e. The fourth-order valence-electron chi connectivity index (χ4n) is 5.44. The first-order valence-electron chi connectivity index (χ1n) is 13.5. The number of pyridine rings is 1. The van der Waals surface area contributed by atoms with E-state index in [0.29, 0.717) is 6.54 Å². The molecule has 4 rings (SSSR count). The highest BCUT2D eigenvalue weighted by Gasteiger charge is 2.37. The van der Waals surface area contributed by atoms with Crippen molar-refractivity contribution in [2.24, 2.45) is 0 Å². The summed E-state index contributed by atoms with van der Waals surface area (Å²) in [6.45, 7) is 10.8. The van der Waals surface area contributed by atoms with E-state index in [1.54, 1.807) is 7.11 Å². The summed E-state index contributed by atoms with van der Waals surface area (Å²) >= 11 is 0. The van der Waals surface area contributed by atoms with Crippen molar-refractivity contribution in [1.29, 1.82) is 0 Å². The van der Waals surface area contributed by atoms with E-state index in [-0.39, 0.29) is 48.1 Å². The number of hydrogen-bond donors (Lipinski definition) is 3. The van der Waals surface area contributed by atoms with Crippen LogP contribution in [0.25, 0.3) is 0 Å². The van der Waals surface area contributed by atoms with Gasteiger partial charge in [-0.25, -0.2) is 4.79 Å². The molecule has 2 heterocycles. The van der Waals surface area contributed by atoms with Crippen LogP contribution in [0.1, 0.15) is 69.1 Å². The van der Waals surface area contributed by atoms with E-state index in [4.69, 9.17) is 10.5 Å². The average Bonchev–Trinajstić information content (AvgIpc) is 2.93. The Kier molecular flexibility index (Phi) is 12.0. The summed E-state index contributed by atoms with van der Waals surface area (Å²) in [5.41, 5.74) is 12.0. The first-order valence-corrected chi connectivity index (χ1v) is 13.5. The van der Waals surface area contributed by atoms with Gasteiger partial charge in [0.05, 0.1) is 7.11 Å². The highest BCUT2D eigenvalue weighted by molar-refractivity contribution is 5.92. The van der Waals surface area contributed by atoms with Gasteiger partial charge in [0.1, 0.15) is 5.75 Å². The summed E-state index contributed by atoms with van der Waals surface area (Å²) in [6.07, 6.45) is 5.47. The minimum absolute atomic E-state index is 0. The van der Waals surface area contributed by atoms with E-state index in [9.17, 15) is 4.79 Å². The molecule has 218 valence electrons. The Hall–Kier alpha value is -3.16. The lowest BCUT2D eigenvalue weighted by atomic mass is 9.72. The molecular formula is C31H43Cl2N5O2. The van der Waals surface area contributed by atoms with Crippen LogP contribution in [0.4, 0.5) is 21.9 Å². The lowest BCUT2D eigenvalue weighted by Crippen LogP contribution is -2.49. The molecule has 2 amide bonds. The van der Waals surface area contributed by atoms with Crippen LogP contribution in [-0.4, -0.2) is 37.8 Å². The molecule has 0 radical (unpaired) electrons. The van der Waals surface area contributed by atoms with Crippen molar-refractivity contribution in [3.8, 4) is 5.75 Å². The summed E-state index contributed by atoms with van der Waals surface area (Å²) in [6, 6.07) is 16.1. The minimum Gasteiger partial charge on any atom is -0.497 e. The second kappa shape index (κ2) is 14.5. The standard InChI is InChI=1S/C31H41N5O2.2ClH/c1-21(2)27-18-24(32)19-28(22(3)4)29(27)35-30(37)34-20-31(23-7-6-8-26(17-23)38-5)11-15-36(16-12-31)25-9-13-33-14-10-25;;/h6-10,13-14,17-19,21-22H,11-12,15-16,20,32H2,1-5H3,(H2,34,35,37);2*1H. The highest BCUT2D eigenvalue weighted by Crippen LogP contribution is 2.38. The number of carbonyl (C=O) groups excluding carboxylic acids is 1. The fraction of sp³-hybridized carbons (Fsp3) is 0.419. The smallest absolute Gasteiger partial charge is 0.319 e. The molecule has 0 bridgehead atoms. The molecule has 0 atom stereocenters. The van der Waals surface area contributed by atoms with Crippen LogP contribution in [0, 0.1) is 0 Å². The number of nitrogens with zero attached hydrogens (tertiary/aromatic N) is 2. The van der Waals surface area contributed by atoms with Crippen molar-refractivity contribution < 1.29 is 9.53 Å². The van der Waals surface area contributed by atoms with Crippen LogP contribution in [-0.2, 0) is 5.41 Å². The third kappa shape index (κ3) is 7.52. The second-order valence-corrected chi connectivity index (χ2v) is 10.9. The predicted molar refractivity (Wildman–Crippen MR) is 171 cm³/mol. The maximum atomic E-state index is 13.4. The third-order valence-electron chi connectivity index (χ3n) is 7.72. The lowest BCUT2D eigenvalue weighted by molar-refractivity contribution is 0.244. The number of amides is 2. The van der Waals surface area contributed by atoms with Gasteiger partial charge in [-0.1, -0.05) is 39.8 Å². The Morgan fingerprint density at radius 1 is 1.00 bits per heavy atom. The number of nitrogens with one attached hydrogen (secondary N) is 2. The molecule has 0 saturated carbocycles. The van der Waals surface area contributed by atoms with Gasteiger partial charge in [0.2, 0.25) is 0 Å². The third-order valence-corrected chi connectivity index (χ3v) is 7.72. The van der Waals surface area contributed by atoms with Crippen molar-refractivity contribution in [2.75, 3.05) is 42.7 Å². The molecule has 1 aliphatic rings. The van der Waals surface area contributed by atoms with Gasteiger partial charge < -0.3 is 26.0 Å². The van der Waals surface area contributed by atoms with Crippen LogP contribution >= 0.6 is 24.8 Å². The summed E-state index contributed by atoms with van der Waals surface area (Å²) in [4.78, 5) is 19.9. The summed E-state index contributed by atoms with van der Waals surface area (Å²) < 4.78 is 5.54. The number of benzene rings is 2. The molecule has 1 aliphatic heterocycles. The normalized spacial score (nSPS) is 14.2. The van der Waals surface area contributed by atoms with Crippen LogP contribution in [0.15, 0.2) is 60.9 Å². The fourth-order valence-corrected chi connectivity index (χ4v) is 5.44. The summed E-state index contributed by atoms with van der Waals surface area (Å²) in [7, 11) is 1.69. The van der Waals surface area contributed by atoms with Crippen molar-refractivity contribution in [2.45, 2.75) is 57.8 Å². The van der Waals surface area contributed by atoms with E-state index in [2.05, 4.69) is 72.5 Å². The first-order chi connectivity index (χ1) is 18.2. The number of piperidine rings is 1. The molecule has 3 aromatic rings. The number of ether oxygens (including phenoxy) is 1. The number of nitrogens with two attached hydrogens (primary N) is 1. The van der Waals surface area contributed by atoms with E-state index in [1.807, 2.05) is 36.7 Å². The van der Waals surface area contributed by atoms with Gasteiger partial charge in [0.15, 0.2) is 0 Å². The Bertz CT molecular complexity index is 1220. The van der Waals surface area contributed by atoms with E-state index >= 15 is 0 Å². The molecule has 4 N–H and O–H groups in total. The molecule has 2 aromatic carbocycles. The minimum atomic E-state index is -0.210. The summed E-state index contributed by atoms with van der Waals surface area (Å²) in [5.74, 6) is 1.28. The van der Waals surface area contributed by atoms with Crippen LogP contribution in [0.3, 0.4) is 0 Å². The predicted octanol–water partition coefficient (Wildman–Crippen LogP) is 7.12. The molecule has 0 aliphatic carbocycles. The SMILES string of the molecule is COc1cccc(C2(CNC(=O)Nc3c(C(C)C)cc(N)cc3C(C)C)CCN(c3ccncc3)CC2)c1.Cl.Cl. The molecule has 9 heteroatoms. The lowest BCUT2D eigenvalue weighted by Gasteiger charge is -2.43. The second-order valence-electron chi connectivity index (χ2n) is 10.9. The average molecular weight is 589 g/mol. The van der Waals surface area contributed by atoms with Crippen LogP contribution in [0.5, 0.6) is 5.75 Å². The molecule has 40 heavy (non-hydrogen) atoms. The van der Waals surface area contributed by atoms with E-state index in [0.717, 1.165) is 54.2 Å². The molecule has 1 aromatic heterocycles. The molecular weight excluding hydrogens is 545 g/mol. The zero-order chi connectivity index (χ0) is 27.3. The number of halogens is 2. The van der Waals surface area contributed by atoms with Gasteiger partial charge in [-0.3, -0.25) is 4.98 Å². The van der Waals surface area contributed by atoms with Crippen LogP contribution < -0.4 is 26.0 Å². The molecule has 1 saturated heterocycles. The Morgan fingerprint density at radius 2 is 1.60 bits per heavy atom. The summed E-state index contributed by atoms with van der Waals surface area (Å²) in [5, 5.41) is 6.42. The topological polar surface area (TPSA) is 92.5 Å². The van der Waals surface area contributed by atoms with Gasteiger partial charge in [0, 0.05) is 54.5 Å². The molecule has 1 fully saturated rings. The quantitative estimate of drug-likeness (QED) is 0.244. The first kappa shape index (κ1) is 33.0. The number of carbonyl (C=O) groups is 1. The van der Waals surface area contributed by atoms with Gasteiger partial charge in [0.25, 0.3) is 0 Å².